The van der Waals surface area contributed by atoms with Crippen LogP contribution in [0.1, 0.15) is 34.2 Å². The van der Waals surface area contributed by atoms with Gasteiger partial charge in [0.2, 0.25) is 0 Å². The van der Waals surface area contributed by atoms with Crippen LogP contribution in [0.4, 0.5) is 0 Å². The summed E-state index contributed by atoms with van der Waals surface area (Å²) in [5, 5.41) is 6.80. The fraction of sp³-hybridized carbons (Fsp3) is 0.500. The maximum Gasteiger partial charge on any atom is 0.0897 e. The summed E-state index contributed by atoms with van der Waals surface area (Å²) in [5.74, 6) is 0. The van der Waals surface area contributed by atoms with E-state index in [1.807, 2.05) is 12.4 Å². The summed E-state index contributed by atoms with van der Waals surface area (Å²) in [4.78, 5) is 10.2. The van der Waals surface area contributed by atoms with Crippen molar-refractivity contribution in [3.8, 4) is 0 Å². The Bertz CT molecular complexity index is 476. The molecule has 1 N–H and O–H groups in total. The summed E-state index contributed by atoms with van der Waals surface area (Å²) in [6.45, 7) is 7.22. The van der Waals surface area contributed by atoms with Gasteiger partial charge >= 0.3 is 0 Å². The Morgan fingerprint density at radius 3 is 2.71 bits per heavy atom. The summed E-state index contributed by atoms with van der Waals surface area (Å²) in [6.07, 6.45) is 0.946. The molecule has 0 saturated carbocycles. The lowest BCUT2D eigenvalue weighted by molar-refractivity contribution is 0.550. The number of nitrogens with one attached hydrogen (secondary N) is 1. The van der Waals surface area contributed by atoms with Gasteiger partial charge in [-0.05, 0) is 20.4 Å². The van der Waals surface area contributed by atoms with E-state index in [4.69, 9.17) is 0 Å². The molecule has 0 aliphatic heterocycles. The molecule has 0 aliphatic rings. The molecule has 0 radical (unpaired) electrons. The van der Waals surface area contributed by atoms with Gasteiger partial charge in [0.1, 0.15) is 0 Å². The third-order valence-corrected chi connectivity index (χ3v) is 4.50. The second-order valence-electron chi connectivity index (χ2n) is 3.97. The first-order valence-corrected chi connectivity index (χ1v) is 7.51. The van der Waals surface area contributed by atoms with Gasteiger partial charge in [0.05, 0.1) is 21.9 Å². The van der Waals surface area contributed by atoms with E-state index in [1.165, 1.54) is 10.6 Å². The van der Waals surface area contributed by atoms with E-state index in [1.54, 1.807) is 22.7 Å². The lowest BCUT2D eigenvalue weighted by Crippen LogP contribution is -2.23. The molecule has 1 atom stereocenters. The molecule has 0 aromatic carbocycles. The van der Waals surface area contributed by atoms with Crippen molar-refractivity contribution in [2.75, 3.05) is 6.54 Å². The van der Waals surface area contributed by atoms with Crippen LogP contribution < -0.4 is 5.32 Å². The van der Waals surface area contributed by atoms with Gasteiger partial charge in [-0.25, -0.2) is 9.97 Å². The van der Waals surface area contributed by atoms with Crippen LogP contribution in [0, 0.1) is 13.8 Å². The fourth-order valence-corrected chi connectivity index (χ4v) is 3.36. The van der Waals surface area contributed by atoms with Gasteiger partial charge in [-0.3, -0.25) is 0 Å². The first kappa shape index (κ1) is 12.7. The van der Waals surface area contributed by atoms with Crippen molar-refractivity contribution in [1.29, 1.82) is 0 Å². The molecule has 17 heavy (non-hydrogen) atoms. The number of nitrogens with zero attached hydrogens (tertiary/aromatic N) is 2. The molecule has 2 rings (SSSR count). The van der Waals surface area contributed by atoms with Gasteiger partial charge in [0, 0.05) is 22.7 Å². The Kier molecular flexibility index (Phi) is 4.25. The topological polar surface area (TPSA) is 37.8 Å². The van der Waals surface area contributed by atoms with E-state index in [0.717, 1.165) is 23.7 Å². The van der Waals surface area contributed by atoms with Crippen molar-refractivity contribution in [1.82, 2.24) is 15.3 Å². The largest absolute Gasteiger partial charge is 0.309 e. The zero-order valence-electron chi connectivity index (χ0n) is 10.4. The van der Waals surface area contributed by atoms with Gasteiger partial charge in [-0.1, -0.05) is 6.92 Å². The SMILES string of the molecule is CCNC(Cc1csc(C)n1)c1scnc1C. The molecule has 1 unspecified atom stereocenters. The van der Waals surface area contributed by atoms with E-state index in [-0.39, 0.29) is 0 Å². The minimum Gasteiger partial charge on any atom is -0.309 e. The van der Waals surface area contributed by atoms with Gasteiger partial charge in [-0.2, -0.15) is 0 Å². The van der Waals surface area contributed by atoms with Crippen LogP contribution in [-0.2, 0) is 6.42 Å². The van der Waals surface area contributed by atoms with Crippen LogP contribution in [0.2, 0.25) is 0 Å². The van der Waals surface area contributed by atoms with Gasteiger partial charge in [-0.15, -0.1) is 22.7 Å². The Labute approximate surface area is 110 Å². The van der Waals surface area contributed by atoms with Crippen molar-refractivity contribution >= 4 is 22.7 Å². The third-order valence-electron chi connectivity index (χ3n) is 2.63. The first-order valence-electron chi connectivity index (χ1n) is 5.75. The van der Waals surface area contributed by atoms with Crippen molar-refractivity contribution in [2.24, 2.45) is 0 Å². The summed E-state index contributed by atoms with van der Waals surface area (Å²) < 4.78 is 0. The molecule has 3 nitrogen and oxygen atoms in total. The second-order valence-corrected chi connectivity index (χ2v) is 5.92. The van der Waals surface area contributed by atoms with E-state index < -0.39 is 0 Å². The molecular formula is C12H17N3S2. The minimum absolute atomic E-state index is 0.342. The van der Waals surface area contributed by atoms with E-state index in [0.29, 0.717) is 6.04 Å². The zero-order valence-corrected chi connectivity index (χ0v) is 12.0. The van der Waals surface area contributed by atoms with Crippen LogP contribution >= 0.6 is 22.7 Å². The minimum atomic E-state index is 0.342. The van der Waals surface area contributed by atoms with Crippen molar-refractivity contribution < 1.29 is 0 Å². The van der Waals surface area contributed by atoms with E-state index >= 15 is 0 Å². The quantitative estimate of drug-likeness (QED) is 0.904. The molecule has 92 valence electrons. The Morgan fingerprint density at radius 1 is 1.35 bits per heavy atom. The predicted molar refractivity (Wildman–Crippen MR) is 73.8 cm³/mol. The lowest BCUT2D eigenvalue weighted by atomic mass is 10.1. The molecule has 0 aliphatic carbocycles. The molecule has 0 bridgehead atoms. The van der Waals surface area contributed by atoms with Gasteiger partial charge < -0.3 is 5.32 Å². The monoisotopic (exact) mass is 267 g/mol. The first-order chi connectivity index (χ1) is 8.20. The van der Waals surface area contributed by atoms with Crippen LogP contribution in [0.3, 0.4) is 0 Å². The fourth-order valence-electron chi connectivity index (χ4n) is 1.86. The Hall–Kier alpha value is -0.780. The Balaban J connectivity index is 2.15. The maximum absolute atomic E-state index is 4.54. The second kappa shape index (κ2) is 5.71. The highest BCUT2D eigenvalue weighted by Crippen LogP contribution is 2.25. The predicted octanol–water partition coefficient (Wildman–Crippen LogP) is 3.11. The smallest absolute Gasteiger partial charge is 0.0897 e. The number of likely N-dealkylation sites (N-methyl/N-ethyl adjacent to an activating group) is 1. The zero-order chi connectivity index (χ0) is 12.3. The molecule has 2 aromatic rings. The summed E-state index contributed by atoms with van der Waals surface area (Å²) in [6, 6.07) is 0.342. The van der Waals surface area contributed by atoms with Gasteiger partial charge in [0.25, 0.3) is 0 Å². The molecule has 5 heteroatoms. The average Bonchev–Trinajstić information content (AvgIpc) is 2.87. The van der Waals surface area contributed by atoms with Crippen molar-refractivity contribution in [2.45, 2.75) is 33.2 Å². The Morgan fingerprint density at radius 2 is 2.18 bits per heavy atom. The number of thiazole rings is 2. The number of rotatable bonds is 5. The number of hydrogen-bond donors (Lipinski definition) is 1. The van der Waals surface area contributed by atoms with E-state index in [2.05, 4.69) is 34.5 Å². The maximum atomic E-state index is 4.54. The molecule has 0 fully saturated rings. The van der Waals surface area contributed by atoms with E-state index in [9.17, 15) is 0 Å². The highest BCUT2D eigenvalue weighted by molar-refractivity contribution is 7.10. The van der Waals surface area contributed by atoms with Crippen LogP contribution in [-0.4, -0.2) is 16.5 Å². The third kappa shape index (κ3) is 3.12. The molecule has 0 saturated heterocycles. The average molecular weight is 267 g/mol. The van der Waals surface area contributed by atoms with Crippen molar-refractivity contribution in [3.05, 3.63) is 32.2 Å². The van der Waals surface area contributed by atoms with Gasteiger partial charge in [0.15, 0.2) is 0 Å². The number of aryl methyl sites for hydroxylation is 2. The van der Waals surface area contributed by atoms with Crippen LogP contribution in [0.15, 0.2) is 10.9 Å². The highest BCUT2D eigenvalue weighted by Gasteiger charge is 2.16. The number of hydrogen-bond acceptors (Lipinski definition) is 5. The molecule has 0 spiro atoms. The number of aromatic nitrogens is 2. The standard InChI is InChI=1S/C12H17N3S2/c1-4-13-11(12-8(2)14-7-17-12)5-10-6-16-9(3)15-10/h6-7,11,13H,4-5H2,1-3H3. The van der Waals surface area contributed by atoms with Crippen LogP contribution in [0.5, 0.6) is 0 Å². The van der Waals surface area contributed by atoms with Crippen LogP contribution in [0.25, 0.3) is 0 Å². The molecular weight excluding hydrogens is 250 g/mol. The summed E-state index contributed by atoms with van der Waals surface area (Å²) >= 11 is 3.44. The normalized spacial score (nSPS) is 12.9. The summed E-state index contributed by atoms with van der Waals surface area (Å²) in [7, 11) is 0. The summed E-state index contributed by atoms with van der Waals surface area (Å²) in [5.41, 5.74) is 4.22. The molecule has 2 aromatic heterocycles. The highest BCUT2D eigenvalue weighted by atomic mass is 32.1. The van der Waals surface area contributed by atoms with Crippen molar-refractivity contribution in [3.63, 3.8) is 0 Å². The lowest BCUT2D eigenvalue weighted by Gasteiger charge is -2.15. The molecule has 2 heterocycles. The molecule has 0 amide bonds.